The summed E-state index contributed by atoms with van der Waals surface area (Å²) in [6, 6.07) is 6.54. The minimum atomic E-state index is -0.563. The maximum absolute atomic E-state index is 11.4. The van der Waals surface area contributed by atoms with Gasteiger partial charge in [0.25, 0.3) is 5.69 Å². The lowest BCUT2D eigenvalue weighted by Gasteiger charge is -2.20. The smallest absolute Gasteiger partial charge is 0.272 e. The van der Waals surface area contributed by atoms with Crippen LogP contribution in [0, 0.1) is 15.5 Å². The van der Waals surface area contributed by atoms with Crippen molar-refractivity contribution in [2.24, 2.45) is 5.41 Å². The van der Waals surface area contributed by atoms with Gasteiger partial charge in [0.15, 0.2) is 0 Å². The van der Waals surface area contributed by atoms with Gasteiger partial charge in [-0.15, -0.1) is 0 Å². The van der Waals surface area contributed by atoms with E-state index in [9.17, 15) is 14.9 Å². The monoisotopic (exact) mass is 221 g/mol. The van der Waals surface area contributed by atoms with Crippen molar-refractivity contribution in [3.63, 3.8) is 0 Å². The predicted molar refractivity (Wildman–Crippen MR) is 61.3 cm³/mol. The van der Waals surface area contributed by atoms with Gasteiger partial charge in [-0.05, 0) is 13.3 Å². The van der Waals surface area contributed by atoms with E-state index >= 15 is 0 Å². The molecule has 0 radical (unpaired) electrons. The summed E-state index contributed by atoms with van der Waals surface area (Å²) < 4.78 is 0. The van der Waals surface area contributed by atoms with Gasteiger partial charge in [0.05, 0.1) is 4.92 Å². The minimum Gasteiger partial charge on any atom is -0.299 e. The molecule has 1 aromatic carbocycles. The van der Waals surface area contributed by atoms with Gasteiger partial charge in [-0.2, -0.15) is 0 Å². The number of carbonyl (C=O) groups is 1. The molecule has 1 aromatic rings. The Balaban J connectivity index is 3.06. The van der Waals surface area contributed by atoms with Crippen LogP contribution in [-0.4, -0.2) is 10.7 Å². The lowest BCUT2D eigenvalue weighted by molar-refractivity contribution is -0.385. The van der Waals surface area contributed by atoms with Gasteiger partial charge < -0.3 is 0 Å². The van der Waals surface area contributed by atoms with Crippen LogP contribution in [0.1, 0.15) is 26.3 Å². The average Bonchev–Trinajstić information content (AvgIpc) is 2.17. The van der Waals surface area contributed by atoms with E-state index in [-0.39, 0.29) is 11.5 Å². The highest BCUT2D eigenvalue weighted by atomic mass is 16.6. The number of para-hydroxylation sites is 1. The molecule has 0 saturated heterocycles. The molecule has 0 aromatic heterocycles. The predicted octanol–water partition coefficient (Wildman–Crippen LogP) is 2.75. The van der Waals surface area contributed by atoms with Crippen molar-refractivity contribution in [2.45, 2.75) is 27.2 Å². The van der Waals surface area contributed by atoms with Crippen LogP contribution in [0.15, 0.2) is 24.3 Å². The highest BCUT2D eigenvalue weighted by Gasteiger charge is 2.27. The molecule has 0 spiro atoms. The normalized spacial score (nSPS) is 11.2. The summed E-state index contributed by atoms with van der Waals surface area (Å²) in [5, 5.41) is 10.8. The lowest BCUT2D eigenvalue weighted by atomic mass is 9.82. The van der Waals surface area contributed by atoms with Crippen LogP contribution in [0.3, 0.4) is 0 Å². The van der Waals surface area contributed by atoms with Crippen molar-refractivity contribution < 1.29 is 9.72 Å². The number of Topliss-reactive ketones (excluding diaryl/α,β-unsaturated/α-hetero) is 1. The van der Waals surface area contributed by atoms with Gasteiger partial charge in [-0.1, -0.05) is 32.0 Å². The van der Waals surface area contributed by atoms with Crippen LogP contribution < -0.4 is 0 Å². The van der Waals surface area contributed by atoms with Crippen LogP contribution in [-0.2, 0) is 11.2 Å². The third-order valence-corrected chi connectivity index (χ3v) is 2.77. The second-order valence-corrected chi connectivity index (χ2v) is 4.50. The summed E-state index contributed by atoms with van der Waals surface area (Å²) in [6.45, 7) is 5.10. The van der Waals surface area contributed by atoms with Crippen molar-refractivity contribution in [3.05, 3.63) is 39.9 Å². The standard InChI is InChI=1S/C12H15NO3/c1-9(14)12(2,3)8-10-6-4-5-7-11(10)13(15)16/h4-7H,8H2,1-3H3. The molecule has 16 heavy (non-hydrogen) atoms. The second-order valence-electron chi connectivity index (χ2n) is 4.50. The fourth-order valence-corrected chi connectivity index (χ4v) is 1.44. The van der Waals surface area contributed by atoms with Gasteiger partial charge in [-0.25, -0.2) is 0 Å². The van der Waals surface area contributed by atoms with Crippen molar-refractivity contribution >= 4 is 11.5 Å². The minimum absolute atomic E-state index is 0.0330. The van der Waals surface area contributed by atoms with Gasteiger partial charge in [0.2, 0.25) is 0 Å². The SMILES string of the molecule is CC(=O)C(C)(C)Cc1ccccc1[N+](=O)[O-]. The average molecular weight is 221 g/mol. The molecule has 0 heterocycles. The first-order chi connectivity index (χ1) is 7.34. The summed E-state index contributed by atoms with van der Waals surface area (Å²) in [4.78, 5) is 21.8. The van der Waals surface area contributed by atoms with E-state index < -0.39 is 10.3 Å². The Kier molecular flexibility index (Phi) is 3.42. The summed E-state index contributed by atoms with van der Waals surface area (Å²) >= 11 is 0. The molecule has 0 N–H and O–H groups in total. The molecule has 0 amide bonds. The van der Waals surface area contributed by atoms with Crippen molar-refractivity contribution in [2.75, 3.05) is 0 Å². The summed E-state index contributed by atoms with van der Waals surface area (Å²) in [7, 11) is 0. The Bertz CT molecular complexity index is 424. The fraction of sp³-hybridized carbons (Fsp3) is 0.417. The summed E-state index contributed by atoms with van der Waals surface area (Å²) in [6.07, 6.45) is 0.388. The molecule has 0 aliphatic rings. The molecule has 0 aliphatic heterocycles. The molecule has 0 saturated carbocycles. The Morgan fingerprint density at radius 3 is 2.44 bits per heavy atom. The third kappa shape index (κ3) is 2.66. The molecule has 0 bridgehead atoms. The largest absolute Gasteiger partial charge is 0.299 e. The molecule has 0 fully saturated rings. The van der Waals surface area contributed by atoms with Crippen molar-refractivity contribution in [1.29, 1.82) is 0 Å². The zero-order chi connectivity index (χ0) is 12.3. The van der Waals surface area contributed by atoms with Crippen molar-refractivity contribution in [3.8, 4) is 0 Å². The summed E-state index contributed by atoms with van der Waals surface area (Å²) in [5.41, 5.74) is 0.121. The van der Waals surface area contributed by atoms with Gasteiger partial charge in [-0.3, -0.25) is 14.9 Å². The summed E-state index contributed by atoms with van der Waals surface area (Å²) in [5.74, 6) is 0.0330. The van der Waals surface area contributed by atoms with Crippen LogP contribution in [0.25, 0.3) is 0 Å². The number of hydrogen-bond donors (Lipinski definition) is 0. The Hall–Kier alpha value is -1.71. The molecular weight excluding hydrogens is 206 g/mol. The fourth-order valence-electron chi connectivity index (χ4n) is 1.44. The number of rotatable bonds is 4. The Labute approximate surface area is 94.4 Å². The number of hydrogen-bond acceptors (Lipinski definition) is 3. The van der Waals surface area contributed by atoms with E-state index in [2.05, 4.69) is 0 Å². The quantitative estimate of drug-likeness (QED) is 0.580. The Morgan fingerprint density at radius 2 is 1.94 bits per heavy atom. The number of nitro benzene ring substituents is 1. The highest BCUT2D eigenvalue weighted by molar-refractivity contribution is 5.82. The van der Waals surface area contributed by atoms with E-state index in [0.717, 1.165) is 0 Å². The van der Waals surface area contributed by atoms with Crippen LogP contribution >= 0.6 is 0 Å². The molecule has 0 atom stereocenters. The van der Waals surface area contributed by atoms with Gasteiger partial charge in [0, 0.05) is 17.0 Å². The molecule has 4 heteroatoms. The zero-order valence-corrected chi connectivity index (χ0v) is 9.69. The number of nitro groups is 1. The van der Waals surface area contributed by atoms with Gasteiger partial charge >= 0.3 is 0 Å². The molecule has 4 nitrogen and oxygen atoms in total. The van der Waals surface area contributed by atoms with E-state index in [1.807, 2.05) is 0 Å². The molecular formula is C12H15NO3. The van der Waals surface area contributed by atoms with Crippen molar-refractivity contribution in [1.82, 2.24) is 0 Å². The molecule has 0 aliphatic carbocycles. The Morgan fingerprint density at radius 1 is 1.38 bits per heavy atom. The molecule has 86 valence electrons. The first kappa shape index (κ1) is 12.4. The zero-order valence-electron chi connectivity index (χ0n) is 9.69. The number of benzene rings is 1. The first-order valence-electron chi connectivity index (χ1n) is 5.08. The van der Waals surface area contributed by atoms with E-state index in [1.54, 1.807) is 32.0 Å². The topological polar surface area (TPSA) is 60.2 Å². The first-order valence-corrected chi connectivity index (χ1v) is 5.08. The maximum atomic E-state index is 11.4. The third-order valence-electron chi connectivity index (χ3n) is 2.77. The van der Waals surface area contributed by atoms with Gasteiger partial charge in [0.1, 0.15) is 5.78 Å². The van der Waals surface area contributed by atoms with Crippen LogP contribution in [0.2, 0.25) is 0 Å². The van der Waals surface area contributed by atoms with E-state index in [4.69, 9.17) is 0 Å². The van der Waals surface area contributed by atoms with E-state index in [1.165, 1.54) is 13.0 Å². The lowest BCUT2D eigenvalue weighted by Crippen LogP contribution is -2.24. The second kappa shape index (κ2) is 4.43. The van der Waals surface area contributed by atoms with Crippen LogP contribution in [0.4, 0.5) is 5.69 Å². The molecule has 0 unspecified atom stereocenters. The number of nitrogens with zero attached hydrogens (tertiary/aromatic N) is 1. The molecule has 1 rings (SSSR count). The van der Waals surface area contributed by atoms with E-state index in [0.29, 0.717) is 12.0 Å². The number of ketones is 1. The highest BCUT2D eigenvalue weighted by Crippen LogP contribution is 2.28. The number of carbonyl (C=O) groups excluding carboxylic acids is 1. The van der Waals surface area contributed by atoms with Crippen LogP contribution in [0.5, 0.6) is 0 Å². The maximum Gasteiger partial charge on any atom is 0.272 e.